The molecule has 1 aliphatic rings. The van der Waals surface area contributed by atoms with E-state index in [4.69, 9.17) is 4.74 Å². The quantitative estimate of drug-likeness (QED) is 0.165. The minimum Gasteiger partial charge on any atom is -0.469 e. The van der Waals surface area contributed by atoms with E-state index in [-0.39, 0.29) is 11.9 Å². The molecule has 27 heavy (non-hydrogen) atoms. The lowest BCUT2D eigenvalue weighted by Crippen LogP contribution is -2.29. The zero-order valence-electron chi connectivity index (χ0n) is 18.7. The summed E-state index contributed by atoms with van der Waals surface area (Å²) in [4.78, 5) is 12.1. The van der Waals surface area contributed by atoms with Gasteiger partial charge >= 0.3 is 5.97 Å². The molecule has 2 heteroatoms. The highest BCUT2D eigenvalue weighted by Crippen LogP contribution is 2.36. The first-order valence-electron chi connectivity index (χ1n) is 11.9. The molecule has 0 N–H and O–H groups in total. The number of hydrogen-bond acceptors (Lipinski definition) is 2. The van der Waals surface area contributed by atoms with E-state index in [0.717, 1.165) is 6.42 Å². The van der Waals surface area contributed by atoms with Crippen LogP contribution in [-0.4, -0.2) is 13.1 Å². The van der Waals surface area contributed by atoms with Gasteiger partial charge in [0.1, 0.15) is 0 Å². The third-order valence-corrected chi connectivity index (χ3v) is 6.54. The number of ether oxygens (including phenoxy) is 1. The molecule has 2 nitrogen and oxygen atoms in total. The van der Waals surface area contributed by atoms with Crippen molar-refractivity contribution in [3.63, 3.8) is 0 Å². The topological polar surface area (TPSA) is 26.3 Å². The highest BCUT2D eigenvalue weighted by Gasteiger charge is 2.32. The van der Waals surface area contributed by atoms with Crippen molar-refractivity contribution in [2.45, 2.75) is 117 Å². The van der Waals surface area contributed by atoms with Gasteiger partial charge in [0.05, 0.1) is 13.0 Å². The molecule has 0 aromatic rings. The van der Waals surface area contributed by atoms with Crippen LogP contribution < -0.4 is 0 Å². The van der Waals surface area contributed by atoms with E-state index in [1.54, 1.807) is 0 Å². The number of esters is 1. The van der Waals surface area contributed by atoms with Crippen molar-refractivity contribution in [1.82, 2.24) is 0 Å². The molecule has 0 spiro atoms. The Hall–Kier alpha value is -0.790. The van der Waals surface area contributed by atoms with E-state index < -0.39 is 0 Å². The van der Waals surface area contributed by atoms with Gasteiger partial charge in [-0.2, -0.15) is 0 Å². The highest BCUT2D eigenvalue weighted by molar-refractivity contribution is 5.75. The Kier molecular flexibility index (Phi) is 13.6. The van der Waals surface area contributed by atoms with Crippen LogP contribution in [0.4, 0.5) is 0 Å². The first-order chi connectivity index (χ1) is 13.1. The lowest BCUT2D eigenvalue weighted by molar-refractivity contribution is -0.146. The summed E-state index contributed by atoms with van der Waals surface area (Å²) in [6, 6.07) is 0. The van der Waals surface area contributed by atoms with Crippen LogP contribution in [0.25, 0.3) is 0 Å². The molecule has 0 aliphatic heterocycles. The summed E-state index contributed by atoms with van der Waals surface area (Å²) in [5.74, 6) is 1.03. The summed E-state index contributed by atoms with van der Waals surface area (Å²) in [6.45, 7) is 6.73. The second-order valence-electron chi connectivity index (χ2n) is 8.89. The van der Waals surface area contributed by atoms with E-state index in [1.807, 2.05) is 0 Å². The van der Waals surface area contributed by atoms with Gasteiger partial charge in [0, 0.05) is 0 Å². The average molecular weight is 379 g/mol. The molecule has 0 radical (unpaired) electrons. The predicted molar refractivity (Wildman–Crippen MR) is 117 cm³/mol. The van der Waals surface area contributed by atoms with Gasteiger partial charge in [0.2, 0.25) is 0 Å². The third kappa shape index (κ3) is 10.4. The molecule has 0 aromatic carbocycles. The molecule has 1 rings (SSSR count). The molecular formula is C25H46O2. The Bertz CT molecular complexity index is 413. The van der Waals surface area contributed by atoms with E-state index in [2.05, 4.69) is 26.8 Å². The average Bonchev–Trinajstić information content (AvgIpc) is 2.67. The smallest absolute Gasteiger partial charge is 0.312 e. The fourth-order valence-corrected chi connectivity index (χ4v) is 4.49. The summed E-state index contributed by atoms with van der Waals surface area (Å²) in [5.41, 5.74) is 1.35. The standard InChI is InChI=1S/C25H46O2/c1-5-6-7-8-9-10-11-12-13-14-15-16-17-18-23-19-21(2)22(3)20-24(23)25(26)27-4/h20-21,23-24H,5-19H2,1-4H3. The maximum atomic E-state index is 12.1. The van der Waals surface area contributed by atoms with Crippen LogP contribution in [0.15, 0.2) is 11.6 Å². The molecule has 3 atom stereocenters. The van der Waals surface area contributed by atoms with Crippen molar-refractivity contribution in [3.8, 4) is 0 Å². The largest absolute Gasteiger partial charge is 0.469 e. The highest BCUT2D eigenvalue weighted by atomic mass is 16.5. The van der Waals surface area contributed by atoms with Crippen molar-refractivity contribution in [2.75, 3.05) is 7.11 Å². The molecule has 3 unspecified atom stereocenters. The molecule has 0 saturated carbocycles. The van der Waals surface area contributed by atoms with Crippen molar-refractivity contribution >= 4 is 5.97 Å². The van der Waals surface area contributed by atoms with Crippen molar-refractivity contribution in [2.24, 2.45) is 17.8 Å². The van der Waals surface area contributed by atoms with Crippen LogP contribution in [0.3, 0.4) is 0 Å². The fraction of sp³-hybridized carbons (Fsp3) is 0.880. The summed E-state index contributed by atoms with van der Waals surface area (Å²) in [7, 11) is 1.52. The van der Waals surface area contributed by atoms with E-state index in [1.165, 1.54) is 103 Å². The van der Waals surface area contributed by atoms with E-state index >= 15 is 0 Å². The Labute approximate surface area is 169 Å². The van der Waals surface area contributed by atoms with Gasteiger partial charge in [-0.05, 0) is 31.6 Å². The second kappa shape index (κ2) is 15.2. The van der Waals surface area contributed by atoms with Crippen LogP contribution in [0.1, 0.15) is 117 Å². The Balaban J connectivity index is 2.04. The summed E-state index contributed by atoms with van der Waals surface area (Å²) in [5, 5.41) is 0. The molecule has 0 bridgehead atoms. The van der Waals surface area contributed by atoms with Gasteiger partial charge in [0.25, 0.3) is 0 Å². The lowest BCUT2D eigenvalue weighted by Gasteiger charge is -2.31. The molecule has 0 amide bonds. The van der Waals surface area contributed by atoms with E-state index in [0.29, 0.717) is 11.8 Å². The molecule has 0 aromatic heterocycles. The summed E-state index contributed by atoms with van der Waals surface area (Å²) >= 11 is 0. The lowest BCUT2D eigenvalue weighted by atomic mass is 9.74. The zero-order valence-corrected chi connectivity index (χ0v) is 18.7. The minimum atomic E-state index is -0.0408. The van der Waals surface area contributed by atoms with Crippen LogP contribution in [-0.2, 0) is 9.53 Å². The maximum Gasteiger partial charge on any atom is 0.312 e. The zero-order chi connectivity index (χ0) is 19.9. The molecule has 0 fully saturated rings. The van der Waals surface area contributed by atoms with Gasteiger partial charge in [-0.25, -0.2) is 0 Å². The monoisotopic (exact) mass is 378 g/mol. The normalized spacial score (nSPS) is 22.5. The number of unbranched alkanes of at least 4 members (excludes halogenated alkanes) is 12. The minimum absolute atomic E-state index is 0.0106. The number of methoxy groups -OCH3 is 1. The van der Waals surface area contributed by atoms with E-state index in [9.17, 15) is 4.79 Å². The van der Waals surface area contributed by atoms with Crippen molar-refractivity contribution in [1.29, 1.82) is 0 Å². The van der Waals surface area contributed by atoms with Gasteiger partial charge in [-0.3, -0.25) is 4.79 Å². The molecule has 1 aliphatic carbocycles. The Morgan fingerprint density at radius 2 is 1.41 bits per heavy atom. The van der Waals surface area contributed by atoms with Crippen LogP contribution in [0, 0.1) is 17.8 Å². The number of allylic oxidation sites excluding steroid dienone is 1. The predicted octanol–water partition coefficient (Wildman–Crippen LogP) is 7.86. The number of carbonyl (C=O) groups is 1. The number of carbonyl (C=O) groups excluding carboxylic acids is 1. The van der Waals surface area contributed by atoms with Crippen LogP contribution in [0.2, 0.25) is 0 Å². The van der Waals surface area contributed by atoms with Crippen LogP contribution in [0.5, 0.6) is 0 Å². The van der Waals surface area contributed by atoms with Gasteiger partial charge in [-0.1, -0.05) is 109 Å². The molecule has 0 heterocycles. The second-order valence-corrected chi connectivity index (χ2v) is 8.89. The first-order valence-corrected chi connectivity index (χ1v) is 11.9. The third-order valence-electron chi connectivity index (χ3n) is 6.54. The van der Waals surface area contributed by atoms with Gasteiger partial charge in [0.15, 0.2) is 0 Å². The number of rotatable bonds is 15. The Morgan fingerprint density at radius 3 is 1.89 bits per heavy atom. The Morgan fingerprint density at radius 1 is 0.926 bits per heavy atom. The summed E-state index contributed by atoms with van der Waals surface area (Å²) < 4.78 is 5.04. The van der Waals surface area contributed by atoms with Gasteiger partial charge < -0.3 is 4.74 Å². The number of hydrogen-bond donors (Lipinski definition) is 0. The van der Waals surface area contributed by atoms with Crippen LogP contribution >= 0.6 is 0 Å². The molecule has 0 saturated heterocycles. The SMILES string of the molecule is CCCCCCCCCCCCCCCC1CC(C)C(C)=CC1C(=O)OC. The van der Waals surface area contributed by atoms with Gasteiger partial charge in [-0.15, -0.1) is 0 Å². The first kappa shape index (κ1) is 24.2. The maximum absolute atomic E-state index is 12.1. The fourth-order valence-electron chi connectivity index (χ4n) is 4.49. The molecular weight excluding hydrogens is 332 g/mol. The summed E-state index contributed by atoms with van der Waals surface area (Å²) in [6.07, 6.45) is 22.6. The molecule has 158 valence electrons. The van der Waals surface area contributed by atoms with Crippen molar-refractivity contribution < 1.29 is 9.53 Å². The van der Waals surface area contributed by atoms with Crippen molar-refractivity contribution in [3.05, 3.63) is 11.6 Å².